The topological polar surface area (TPSA) is 42.0 Å². The van der Waals surface area contributed by atoms with E-state index >= 15 is 0 Å². The van der Waals surface area contributed by atoms with E-state index in [2.05, 4.69) is 33.2 Å². The number of nitrogens with one attached hydrogen (secondary N) is 1. The van der Waals surface area contributed by atoms with Gasteiger partial charge in [-0.05, 0) is 18.6 Å². The van der Waals surface area contributed by atoms with Crippen LogP contribution >= 0.6 is 15.9 Å². The van der Waals surface area contributed by atoms with Gasteiger partial charge in [-0.1, -0.05) is 47.5 Å². The maximum absolute atomic E-state index is 12.2. The molecule has 0 radical (unpaired) electrons. The smallest absolute Gasteiger partial charge is 0.252 e. The van der Waals surface area contributed by atoms with Crippen molar-refractivity contribution < 1.29 is 4.79 Å². The van der Waals surface area contributed by atoms with Gasteiger partial charge in [0.2, 0.25) is 0 Å². The van der Waals surface area contributed by atoms with E-state index in [-0.39, 0.29) is 5.91 Å². The van der Waals surface area contributed by atoms with Gasteiger partial charge < -0.3 is 5.32 Å². The van der Waals surface area contributed by atoms with Crippen molar-refractivity contribution in [3.05, 3.63) is 42.1 Å². The first-order chi connectivity index (χ1) is 9.22. The molecule has 4 heteroatoms. The van der Waals surface area contributed by atoms with Crippen molar-refractivity contribution in [3.63, 3.8) is 0 Å². The highest BCUT2D eigenvalue weighted by atomic mass is 79.9. The van der Waals surface area contributed by atoms with Crippen LogP contribution in [0.4, 0.5) is 0 Å². The average molecular weight is 321 g/mol. The number of rotatable bonds is 5. The van der Waals surface area contributed by atoms with Crippen LogP contribution in [-0.4, -0.2) is 22.3 Å². The zero-order valence-corrected chi connectivity index (χ0v) is 12.5. The molecule has 100 valence electrons. The molecule has 1 atom stereocenters. The Labute approximate surface area is 121 Å². The fraction of sp³-hybridized carbons (Fsp3) is 0.333. The molecule has 0 aliphatic carbocycles. The van der Waals surface area contributed by atoms with Crippen molar-refractivity contribution in [1.29, 1.82) is 0 Å². The van der Waals surface area contributed by atoms with Gasteiger partial charge in [0.25, 0.3) is 5.91 Å². The monoisotopic (exact) mass is 320 g/mol. The summed E-state index contributed by atoms with van der Waals surface area (Å²) in [6.45, 7) is 2.77. The van der Waals surface area contributed by atoms with Crippen LogP contribution in [-0.2, 0) is 0 Å². The highest BCUT2D eigenvalue weighted by Crippen LogP contribution is 2.16. The van der Waals surface area contributed by atoms with Crippen molar-refractivity contribution in [1.82, 2.24) is 10.3 Å². The molecular weight excluding hydrogens is 304 g/mol. The summed E-state index contributed by atoms with van der Waals surface area (Å²) in [5.74, 6) is -0.0425. The van der Waals surface area contributed by atoms with Gasteiger partial charge >= 0.3 is 0 Å². The first-order valence-corrected chi connectivity index (χ1v) is 7.40. The van der Waals surface area contributed by atoms with Gasteiger partial charge in [-0.2, -0.15) is 0 Å². The van der Waals surface area contributed by atoms with Gasteiger partial charge in [-0.3, -0.25) is 9.78 Å². The van der Waals surface area contributed by atoms with Crippen LogP contribution in [0.5, 0.6) is 0 Å². The Kier molecular flexibility index (Phi) is 4.91. The Bertz CT molecular complexity index is 566. The van der Waals surface area contributed by atoms with Crippen LogP contribution in [0, 0.1) is 0 Å². The molecule has 1 N–H and O–H groups in total. The van der Waals surface area contributed by atoms with E-state index < -0.39 is 0 Å². The van der Waals surface area contributed by atoms with Gasteiger partial charge in [0.15, 0.2) is 0 Å². The zero-order valence-electron chi connectivity index (χ0n) is 10.9. The van der Waals surface area contributed by atoms with Crippen molar-refractivity contribution in [3.8, 4) is 0 Å². The van der Waals surface area contributed by atoms with Gasteiger partial charge in [-0.25, -0.2) is 0 Å². The highest BCUT2D eigenvalue weighted by molar-refractivity contribution is 9.09. The largest absolute Gasteiger partial charge is 0.351 e. The number of carbonyl (C=O) groups excluding carboxylic acids is 1. The third-order valence-corrected chi connectivity index (χ3v) is 3.76. The fourth-order valence-electron chi connectivity index (χ4n) is 2.01. The second-order valence-electron chi connectivity index (χ2n) is 4.47. The van der Waals surface area contributed by atoms with E-state index in [1.165, 1.54) is 0 Å². The molecule has 2 aromatic rings. The first-order valence-electron chi connectivity index (χ1n) is 6.48. The molecule has 0 spiro atoms. The molecule has 0 saturated carbocycles. The Morgan fingerprint density at radius 3 is 2.95 bits per heavy atom. The lowest BCUT2D eigenvalue weighted by molar-refractivity contribution is 0.0955. The number of pyridine rings is 1. The molecule has 0 fully saturated rings. The number of halogens is 1. The lowest BCUT2D eigenvalue weighted by Crippen LogP contribution is -2.29. The number of para-hydroxylation sites is 1. The number of hydrogen-bond donors (Lipinski definition) is 1. The van der Waals surface area contributed by atoms with Crippen LogP contribution in [0.3, 0.4) is 0 Å². The Balaban J connectivity index is 2.13. The van der Waals surface area contributed by atoms with E-state index in [9.17, 15) is 4.79 Å². The molecule has 1 aromatic carbocycles. The Morgan fingerprint density at radius 2 is 2.16 bits per heavy atom. The molecule has 3 nitrogen and oxygen atoms in total. The van der Waals surface area contributed by atoms with Crippen molar-refractivity contribution in [2.75, 3.05) is 6.54 Å². The highest BCUT2D eigenvalue weighted by Gasteiger charge is 2.11. The Hall–Kier alpha value is -1.42. The maximum atomic E-state index is 12.2. The van der Waals surface area contributed by atoms with Crippen molar-refractivity contribution >= 4 is 32.7 Å². The molecule has 1 aromatic heterocycles. The molecule has 1 heterocycles. The van der Waals surface area contributed by atoms with Crippen LogP contribution in [0.2, 0.25) is 0 Å². The van der Waals surface area contributed by atoms with Crippen LogP contribution in [0.15, 0.2) is 36.5 Å². The number of amides is 1. The molecule has 2 rings (SSSR count). The van der Waals surface area contributed by atoms with Crippen LogP contribution < -0.4 is 5.32 Å². The second-order valence-corrected chi connectivity index (χ2v) is 5.77. The van der Waals surface area contributed by atoms with E-state index in [1.54, 1.807) is 12.3 Å². The summed E-state index contributed by atoms with van der Waals surface area (Å²) in [6.07, 6.45) is 3.83. The zero-order chi connectivity index (χ0) is 13.7. The number of carbonyl (C=O) groups is 1. The minimum atomic E-state index is -0.0425. The van der Waals surface area contributed by atoms with Gasteiger partial charge in [-0.15, -0.1) is 0 Å². The second kappa shape index (κ2) is 6.66. The number of aromatic nitrogens is 1. The molecular formula is C15H17BrN2O. The molecule has 19 heavy (non-hydrogen) atoms. The van der Waals surface area contributed by atoms with E-state index in [0.717, 1.165) is 23.7 Å². The maximum Gasteiger partial charge on any atom is 0.252 e. The Morgan fingerprint density at radius 1 is 1.37 bits per heavy atom. The summed E-state index contributed by atoms with van der Waals surface area (Å²) in [5, 5.41) is 3.85. The summed E-state index contributed by atoms with van der Waals surface area (Å²) in [6, 6.07) is 9.45. The predicted octanol–water partition coefficient (Wildman–Crippen LogP) is 3.53. The number of alkyl halides is 1. The van der Waals surface area contributed by atoms with Gasteiger partial charge in [0, 0.05) is 23.0 Å². The number of benzene rings is 1. The average Bonchev–Trinajstić information content (AvgIpc) is 2.44. The molecule has 0 aliphatic rings. The summed E-state index contributed by atoms with van der Waals surface area (Å²) in [5.41, 5.74) is 1.53. The summed E-state index contributed by atoms with van der Waals surface area (Å²) >= 11 is 3.56. The third-order valence-electron chi connectivity index (χ3n) is 2.98. The van der Waals surface area contributed by atoms with Crippen molar-refractivity contribution in [2.45, 2.75) is 24.6 Å². The van der Waals surface area contributed by atoms with Crippen LogP contribution in [0.1, 0.15) is 30.1 Å². The molecule has 0 aliphatic heterocycles. The van der Waals surface area contributed by atoms with E-state index in [4.69, 9.17) is 0 Å². The molecule has 1 unspecified atom stereocenters. The van der Waals surface area contributed by atoms with E-state index in [1.807, 2.05) is 24.3 Å². The lowest BCUT2D eigenvalue weighted by Gasteiger charge is -2.11. The van der Waals surface area contributed by atoms with Crippen LogP contribution in [0.25, 0.3) is 10.9 Å². The quantitative estimate of drug-likeness (QED) is 0.856. The summed E-state index contributed by atoms with van der Waals surface area (Å²) < 4.78 is 0. The minimum absolute atomic E-state index is 0.0425. The minimum Gasteiger partial charge on any atom is -0.351 e. The molecule has 0 saturated heterocycles. The normalized spacial score (nSPS) is 12.3. The first kappa shape index (κ1) is 14.0. The van der Waals surface area contributed by atoms with Gasteiger partial charge in [0.1, 0.15) is 0 Å². The SMILES string of the molecule is CCCC(Br)CNC(=O)c1ccnc2ccccc12. The number of nitrogens with zero attached hydrogens (tertiary/aromatic N) is 1. The number of fused-ring (bicyclic) bond motifs is 1. The predicted molar refractivity (Wildman–Crippen MR) is 81.7 cm³/mol. The van der Waals surface area contributed by atoms with Crippen molar-refractivity contribution in [2.24, 2.45) is 0 Å². The summed E-state index contributed by atoms with van der Waals surface area (Å²) in [4.78, 5) is 16.8. The van der Waals surface area contributed by atoms with Gasteiger partial charge in [0.05, 0.1) is 11.1 Å². The third kappa shape index (κ3) is 3.53. The fourth-order valence-corrected chi connectivity index (χ4v) is 2.63. The standard InChI is InChI=1S/C15H17BrN2O/c1-2-5-11(16)10-18-15(19)13-8-9-17-14-7-4-3-6-12(13)14/h3-4,6-9,11H,2,5,10H2,1H3,(H,18,19). The summed E-state index contributed by atoms with van der Waals surface area (Å²) in [7, 11) is 0. The molecule has 1 amide bonds. The van der Waals surface area contributed by atoms with E-state index in [0.29, 0.717) is 16.9 Å². The number of hydrogen-bond acceptors (Lipinski definition) is 2. The molecule has 0 bridgehead atoms. The lowest BCUT2D eigenvalue weighted by atomic mass is 10.1.